The SMILES string of the molecule is CC(NC(=O)Cc1ccc(Cl)cc1)c1nc2ccccc2n1CCOc1ccccc1. The topological polar surface area (TPSA) is 56.2 Å². The zero-order valence-corrected chi connectivity index (χ0v) is 18.0. The number of hydrogen-bond donors (Lipinski definition) is 1. The van der Waals surface area contributed by atoms with Gasteiger partial charge in [0.05, 0.1) is 30.0 Å². The Morgan fingerprint density at radius 2 is 1.74 bits per heavy atom. The van der Waals surface area contributed by atoms with Gasteiger partial charge in [0.15, 0.2) is 0 Å². The van der Waals surface area contributed by atoms with Crippen molar-refractivity contribution in [3.05, 3.63) is 95.3 Å². The summed E-state index contributed by atoms with van der Waals surface area (Å²) in [6.45, 7) is 3.08. The summed E-state index contributed by atoms with van der Waals surface area (Å²) in [4.78, 5) is 17.4. The van der Waals surface area contributed by atoms with Gasteiger partial charge in [-0.1, -0.05) is 54.1 Å². The van der Waals surface area contributed by atoms with Crippen LogP contribution in [0.5, 0.6) is 5.75 Å². The van der Waals surface area contributed by atoms with Crippen molar-refractivity contribution in [1.82, 2.24) is 14.9 Å². The molecule has 1 N–H and O–H groups in total. The van der Waals surface area contributed by atoms with Crippen molar-refractivity contribution in [1.29, 1.82) is 0 Å². The Morgan fingerprint density at radius 3 is 2.52 bits per heavy atom. The van der Waals surface area contributed by atoms with Gasteiger partial charge in [0.2, 0.25) is 5.91 Å². The standard InChI is InChI=1S/C25H24ClN3O2/c1-18(27-24(30)17-19-11-13-20(26)14-12-19)25-28-22-9-5-6-10-23(22)29(25)15-16-31-21-7-3-2-4-8-21/h2-14,18H,15-17H2,1H3,(H,27,30). The molecule has 0 aliphatic rings. The van der Waals surface area contributed by atoms with Gasteiger partial charge in [-0.15, -0.1) is 0 Å². The van der Waals surface area contributed by atoms with Crippen molar-refractivity contribution in [2.75, 3.05) is 6.61 Å². The van der Waals surface area contributed by atoms with Crippen molar-refractivity contribution in [2.24, 2.45) is 0 Å². The molecule has 158 valence electrons. The third-order valence-electron chi connectivity index (χ3n) is 5.05. The first kappa shape index (κ1) is 20.9. The minimum atomic E-state index is -0.246. The first-order valence-corrected chi connectivity index (χ1v) is 10.6. The Hall–Kier alpha value is -3.31. The van der Waals surface area contributed by atoms with Crippen LogP contribution in [0.4, 0.5) is 0 Å². The van der Waals surface area contributed by atoms with Gasteiger partial charge in [-0.25, -0.2) is 4.98 Å². The molecule has 1 atom stereocenters. The monoisotopic (exact) mass is 433 g/mol. The Kier molecular flexibility index (Phi) is 6.53. The van der Waals surface area contributed by atoms with Crippen LogP contribution in [0.15, 0.2) is 78.9 Å². The molecule has 1 amide bonds. The third kappa shape index (κ3) is 5.25. The van der Waals surface area contributed by atoms with Crippen molar-refractivity contribution in [2.45, 2.75) is 25.9 Å². The molecule has 0 saturated heterocycles. The van der Waals surface area contributed by atoms with E-state index in [0.29, 0.717) is 24.6 Å². The largest absolute Gasteiger partial charge is 0.492 e. The molecule has 31 heavy (non-hydrogen) atoms. The summed E-state index contributed by atoms with van der Waals surface area (Å²) >= 11 is 5.93. The number of nitrogens with one attached hydrogen (secondary N) is 1. The summed E-state index contributed by atoms with van der Waals surface area (Å²) in [5.74, 6) is 1.58. The van der Waals surface area contributed by atoms with E-state index in [2.05, 4.69) is 9.88 Å². The maximum Gasteiger partial charge on any atom is 0.224 e. The average Bonchev–Trinajstić information content (AvgIpc) is 3.15. The Bertz CT molecular complexity index is 1160. The van der Waals surface area contributed by atoms with E-state index in [9.17, 15) is 4.79 Å². The lowest BCUT2D eigenvalue weighted by Crippen LogP contribution is -2.30. The molecule has 0 spiro atoms. The van der Waals surface area contributed by atoms with Crippen LogP contribution in [0.1, 0.15) is 24.4 Å². The predicted molar refractivity (Wildman–Crippen MR) is 123 cm³/mol. The fourth-order valence-corrected chi connectivity index (χ4v) is 3.70. The second kappa shape index (κ2) is 9.67. The predicted octanol–water partition coefficient (Wildman–Crippen LogP) is 5.19. The van der Waals surface area contributed by atoms with Gasteiger partial charge in [0.25, 0.3) is 0 Å². The molecular weight excluding hydrogens is 410 g/mol. The van der Waals surface area contributed by atoms with E-state index in [1.807, 2.05) is 73.7 Å². The molecule has 1 unspecified atom stereocenters. The smallest absolute Gasteiger partial charge is 0.224 e. The fourth-order valence-electron chi connectivity index (χ4n) is 3.58. The Morgan fingerprint density at radius 1 is 1.03 bits per heavy atom. The number of hydrogen-bond acceptors (Lipinski definition) is 3. The normalized spacial score (nSPS) is 11.9. The Balaban J connectivity index is 1.48. The van der Waals surface area contributed by atoms with E-state index in [-0.39, 0.29) is 11.9 Å². The molecule has 3 aromatic carbocycles. The molecule has 4 rings (SSSR count). The van der Waals surface area contributed by atoms with E-state index in [0.717, 1.165) is 28.2 Å². The van der Waals surface area contributed by atoms with Crippen LogP contribution in [-0.4, -0.2) is 22.1 Å². The minimum absolute atomic E-state index is 0.0611. The van der Waals surface area contributed by atoms with Gasteiger partial charge in [-0.2, -0.15) is 0 Å². The van der Waals surface area contributed by atoms with Gasteiger partial charge < -0.3 is 14.6 Å². The van der Waals surface area contributed by atoms with Gasteiger partial charge >= 0.3 is 0 Å². The number of fused-ring (bicyclic) bond motifs is 1. The quantitative estimate of drug-likeness (QED) is 0.416. The molecule has 4 aromatic rings. The zero-order valence-electron chi connectivity index (χ0n) is 17.3. The lowest BCUT2D eigenvalue weighted by Gasteiger charge is -2.17. The highest BCUT2D eigenvalue weighted by Crippen LogP contribution is 2.21. The highest BCUT2D eigenvalue weighted by molar-refractivity contribution is 6.30. The van der Waals surface area contributed by atoms with Gasteiger partial charge in [0, 0.05) is 5.02 Å². The maximum absolute atomic E-state index is 12.6. The minimum Gasteiger partial charge on any atom is -0.492 e. The van der Waals surface area contributed by atoms with E-state index < -0.39 is 0 Å². The van der Waals surface area contributed by atoms with Crippen LogP contribution in [-0.2, 0) is 17.8 Å². The number of benzene rings is 3. The fraction of sp³-hybridized carbons (Fsp3) is 0.200. The highest BCUT2D eigenvalue weighted by Gasteiger charge is 2.18. The Labute approximate surface area is 186 Å². The molecule has 0 aliphatic carbocycles. The maximum atomic E-state index is 12.6. The molecule has 0 bridgehead atoms. The zero-order chi connectivity index (χ0) is 21.6. The number of imidazole rings is 1. The third-order valence-corrected chi connectivity index (χ3v) is 5.31. The summed E-state index contributed by atoms with van der Waals surface area (Å²) in [5.41, 5.74) is 2.84. The van der Waals surface area contributed by atoms with Gasteiger partial charge in [-0.05, 0) is 48.9 Å². The second-order valence-corrected chi connectivity index (χ2v) is 7.80. The number of ether oxygens (including phenoxy) is 1. The van der Waals surface area contributed by atoms with E-state index in [1.165, 1.54) is 0 Å². The number of amides is 1. The number of para-hydroxylation sites is 3. The van der Waals surface area contributed by atoms with E-state index in [4.69, 9.17) is 21.3 Å². The number of carbonyl (C=O) groups is 1. The van der Waals surface area contributed by atoms with Crippen molar-refractivity contribution in [3.8, 4) is 5.75 Å². The van der Waals surface area contributed by atoms with E-state index in [1.54, 1.807) is 12.1 Å². The molecule has 0 saturated carbocycles. The summed E-state index contributed by atoms with van der Waals surface area (Å²) in [6.07, 6.45) is 0.291. The van der Waals surface area contributed by atoms with Crippen LogP contribution in [0.25, 0.3) is 11.0 Å². The number of halogens is 1. The van der Waals surface area contributed by atoms with Crippen LogP contribution in [0, 0.1) is 0 Å². The van der Waals surface area contributed by atoms with Crippen LogP contribution in [0.3, 0.4) is 0 Å². The first-order chi connectivity index (χ1) is 15.1. The lowest BCUT2D eigenvalue weighted by atomic mass is 10.1. The van der Waals surface area contributed by atoms with Crippen LogP contribution in [0.2, 0.25) is 5.02 Å². The van der Waals surface area contributed by atoms with Crippen molar-refractivity contribution in [3.63, 3.8) is 0 Å². The first-order valence-electron chi connectivity index (χ1n) is 10.3. The van der Waals surface area contributed by atoms with Crippen molar-refractivity contribution < 1.29 is 9.53 Å². The van der Waals surface area contributed by atoms with Crippen LogP contribution < -0.4 is 10.1 Å². The summed E-state index contributed by atoms with van der Waals surface area (Å²) < 4.78 is 8.00. The molecular formula is C25H24ClN3O2. The number of carbonyl (C=O) groups excluding carboxylic acids is 1. The molecule has 0 fully saturated rings. The summed E-state index contributed by atoms with van der Waals surface area (Å²) in [5, 5.41) is 3.73. The van der Waals surface area contributed by atoms with Crippen molar-refractivity contribution >= 4 is 28.5 Å². The summed E-state index contributed by atoms with van der Waals surface area (Å²) in [7, 11) is 0. The summed E-state index contributed by atoms with van der Waals surface area (Å²) in [6, 6.07) is 24.8. The number of nitrogens with zero attached hydrogens (tertiary/aromatic N) is 2. The number of aromatic nitrogens is 2. The second-order valence-electron chi connectivity index (χ2n) is 7.36. The molecule has 6 heteroatoms. The molecule has 5 nitrogen and oxygen atoms in total. The lowest BCUT2D eigenvalue weighted by molar-refractivity contribution is -0.121. The highest BCUT2D eigenvalue weighted by atomic mass is 35.5. The molecule has 1 heterocycles. The number of rotatable bonds is 8. The van der Waals surface area contributed by atoms with Gasteiger partial charge in [0.1, 0.15) is 18.2 Å². The molecule has 1 aromatic heterocycles. The van der Waals surface area contributed by atoms with Gasteiger partial charge in [-0.3, -0.25) is 4.79 Å². The van der Waals surface area contributed by atoms with Crippen LogP contribution >= 0.6 is 11.6 Å². The molecule has 0 aliphatic heterocycles. The average molecular weight is 434 g/mol. The molecule has 0 radical (unpaired) electrons. The van der Waals surface area contributed by atoms with E-state index >= 15 is 0 Å².